The van der Waals surface area contributed by atoms with Gasteiger partial charge in [0.15, 0.2) is 5.11 Å². The van der Waals surface area contributed by atoms with Gasteiger partial charge in [-0.2, -0.15) is 0 Å². The number of nitrogens with zero attached hydrogens (tertiary/aromatic N) is 2. The highest BCUT2D eigenvalue weighted by atomic mass is 32.1. The van der Waals surface area contributed by atoms with E-state index in [4.69, 9.17) is 12.2 Å². The maximum absolute atomic E-state index is 12.0. The average molecular weight is 401 g/mol. The van der Waals surface area contributed by atoms with Crippen molar-refractivity contribution < 1.29 is 14.5 Å². The van der Waals surface area contributed by atoms with Crippen LogP contribution < -0.4 is 16.1 Å². The van der Waals surface area contributed by atoms with Gasteiger partial charge in [0, 0.05) is 31.3 Å². The summed E-state index contributed by atoms with van der Waals surface area (Å²) in [5.74, 6) is -1.09. The SMILES string of the molecule is CN(NC(=O)CNC(=O)c1cccc([N+](=O)[O-])c1)C(=S)NCc1ccccc1. The normalized spacial score (nSPS) is 9.89. The summed E-state index contributed by atoms with van der Waals surface area (Å²) >= 11 is 5.19. The fourth-order valence-corrected chi connectivity index (χ4v) is 2.31. The zero-order valence-corrected chi connectivity index (χ0v) is 15.9. The first-order chi connectivity index (χ1) is 13.4. The molecule has 0 spiro atoms. The molecule has 9 nitrogen and oxygen atoms in total. The van der Waals surface area contributed by atoms with E-state index in [-0.39, 0.29) is 17.8 Å². The first kappa shape index (κ1) is 20.8. The lowest BCUT2D eigenvalue weighted by molar-refractivity contribution is -0.384. The number of carbonyl (C=O) groups excluding carboxylic acids is 2. The molecule has 0 aliphatic carbocycles. The Hall–Kier alpha value is -3.53. The fourth-order valence-electron chi connectivity index (χ4n) is 2.19. The molecule has 2 rings (SSSR count). The van der Waals surface area contributed by atoms with Crippen LogP contribution in [0.15, 0.2) is 54.6 Å². The summed E-state index contributed by atoms with van der Waals surface area (Å²) < 4.78 is 0. The van der Waals surface area contributed by atoms with Gasteiger partial charge in [-0.1, -0.05) is 36.4 Å². The quantitative estimate of drug-likeness (QED) is 0.380. The molecular weight excluding hydrogens is 382 g/mol. The standard InChI is InChI=1S/C18H19N5O4S/c1-22(18(28)20-11-13-6-3-2-4-7-13)21-16(24)12-19-17(25)14-8-5-9-15(10-14)23(26)27/h2-10H,11-12H2,1H3,(H,19,25)(H,20,28)(H,21,24). The van der Waals surface area contributed by atoms with Crippen LogP contribution in [0, 0.1) is 10.1 Å². The van der Waals surface area contributed by atoms with Crippen LogP contribution in [0.2, 0.25) is 0 Å². The van der Waals surface area contributed by atoms with E-state index in [2.05, 4.69) is 16.1 Å². The van der Waals surface area contributed by atoms with Crippen LogP contribution in [-0.2, 0) is 11.3 Å². The minimum atomic E-state index is -0.595. The third kappa shape index (κ3) is 6.32. The lowest BCUT2D eigenvalue weighted by atomic mass is 10.2. The molecule has 0 aromatic heterocycles. The number of thiocarbonyl (C=S) groups is 1. The molecule has 0 saturated heterocycles. The van der Waals surface area contributed by atoms with Crippen LogP contribution in [0.3, 0.4) is 0 Å². The van der Waals surface area contributed by atoms with Gasteiger partial charge < -0.3 is 10.6 Å². The number of benzene rings is 2. The highest BCUT2D eigenvalue weighted by molar-refractivity contribution is 7.80. The molecule has 0 radical (unpaired) electrons. The average Bonchev–Trinajstić information content (AvgIpc) is 2.70. The van der Waals surface area contributed by atoms with E-state index in [1.54, 1.807) is 7.05 Å². The number of rotatable bonds is 6. The van der Waals surface area contributed by atoms with Crippen molar-refractivity contribution in [2.75, 3.05) is 13.6 Å². The molecular formula is C18H19N5O4S. The predicted octanol–water partition coefficient (Wildman–Crippen LogP) is 1.36. The number of amides is 2. The van der Waals surface area contributed by atoms with Gasteiger partial charge in [-0.05, 0) is 23.8 Å². The van der Waals surface area contributed by atoms with E-state index < -0.39 is 16.7 Å². The van der Waals surface area contributed by atoms with E-state index >= 15 is 0 Å². The third-order valence-electron chi connectivity index (χ3n) is 3.61. The second-order valence-electron chi connectivity index (χ2n) is 5.73. The Labute approximate surface area is 166 Å². The smallest absolute Gasteiger partial charge is 0.270 e. The van der Waals surface area contributed by atoms with Crippen molar-refractivity contribution in [1.29, 1.82) is 0 Å². The van der Waals surface area contributed by atoms with Crippen LogP contribution in [0.5, 0.6) is 0 Å². The van der Waals surface area contributed by atoms with Gasteiger partial charge in [0.2, 0.25) is 0 Å². The van der Waals surface area contributed by atoms with Gasteiger partial charge in [-0.25, -0.2) is 0 Å². The number of hydrazine groups is 1. The minimum absolute atomic E-state index is 0.0930. The van der Waals surface area contributed by atoms with Gasteiger partial charge in [-0.3, -0.25) is 30.1 Å². The first-order valence-corrected chi connectivity index (χ1v) is 8.65. The summed E-state index contributed by atoms with van der Waals surface area (Å²) in [6, 6.07) is 14.9. The monoisotopic (exact) mass is 401 g/mol. The van der Waals surface area contributed by atoms with E-state index in [0.717, 1.165) is 11.6 Å². The van der Waals surface area contributed by atoms with Gasteiger partial charge in [-0.15, -0.1) is 0 Å². The second-order valence-corrected chi connectivity index (χ2v) is 6.12. The molecule has 0 saturated carbocycles. The third-order valence-corrected chi connectivity index (χ3v) is 4.03. The number of nitro groups is 1. The second kappa shape index (κ2) is 9.97. The molecule has 0 bridgehead atoms. The molecule has 3 N–H and O–H groups in total. The number of nitrogens with one attached hydrogen (secondary N) is 3. The van der Waals surface area contributed by atoms with E-state index in [0.29, 0.717) is 11.7 Å². The van der Waals surface area contributed by atoms with Gasteiger partial charge in [0.25, 0.3) is 17.5 Å². The molecule has 0 fully saturated rings. The lowest BCUT2D eigenvalue weighted by Crippen LogP contribution is -2.50. The Bertz CT molecular complexity index is 875. The molecule has 0 atom stereocenters. The van der Waals surface area contributed by atoms with Crippen LogP contribution in [0.4, 0.5) is 5.69 Å². The molecule has 146 valence electrons. The minimum Gasteiger partial charge on any atom is -0.357 e. The van der Waals surface area contributed by atoms with Crippen molar-refractivity contribution in [3.63, 3.8) is 0 Å². The zero-order chi connectivity index (χ0) is 20.5. The Morgan fingerprint density at radius 1 is 1.11 bits per heavy atom. The number of hydrogen-bond acceptors (Lipinski definition) is 5. The van der Waals surface area contributed by atoms with Crippen LogP contribution in [0.25, 0.3) is 0 Å². The molecule has 0 aliphatic rings. The van der Waals surface area contributed by atoms with Crippen molar-refractivity contribution in [3.8, 4) is 0 Å². The number of carbonyl (C=O) groups is 2. The van der Waals surface area contributed by atoms with E-state index in [9.17, 15) is 19.7 Å². The van der Waals surface area contributed by atoms with Crippen molar-refractivity contribution >= 4 is 34.8 Å². The summed E-state index contributed by atoms with van der Waals surface area (Å²) in [4.78, 5) is 34.2. The Balaban J connectivity index is 1.78. The Morgan fingerprint density at radius 2 is 1.82 bits per heavy atom. The van der Waals surface area contributed by atoms with Crippen molar-refractivity contribution in [2.45, 2.75) is 6.54 Å². The Morgan fingerprint density at radius 3 is 2.50 bits per heavy atom. The van der Waals surface area contributed by atoms with Crippen molar-refractivity contribution in [1.82, 2.24) is 21.1 Å². The highest BCUT2D eigenvalue weighted by Gasteiger charge is 2.13. The number of hydrogen-bond donors (Lipinski definition) is 3. The molecule has 2 amide bonds. The maximum atomic E-state index is 12.0. The van der Waals surface area contributed by atoms with Gasteiger partial charge >= 0.3 is 0 Å². The maximum Gasteiger partial charge on any atom is 0.270 e. The fraction of sp³-hybridized carbons (Fsp3) is 0.167. The summed E-state index contributed by atoms with van der Waals surface area (Å²) in [6.07, 6.45) is 0. The molecule has 2 aromatic carbocycles. The number of non-ortho nitro benzene ring substituents is 1. The zero-order valence-electron chi connectivity index (χ0n) is 15.0. The van der Waals surface area contributed by atoms with Crippen molar-refractivity contribution in [3.05, 3.63) is 75.8 Å². The van der Waals surface area contributed by atoms with E-state index in [1.807, 2.05) is 30.3 Å². The van der Waals surface area contributed by atoms with Crippen LogP contribution in [-0.4, -0.2) is 40.5 Å². The topological polar surface area (TPSA) is 117 Å². The molecule has 0 heterocycles. The highest BCUT2D eigenvalue weighted by Crippen LogP contribution is 2.12. The predicted molar refractivity (Wildman–Crippen MR) is 107 cm³/mol. The molecule has 2 aromatic rings. The molecule has 28 heavy (non-hydrogen) atoms. The lowest BCUT2D eigenvalue weighted by Gasteiger charge is -2.21. The van der Waals surface area contributed by atoms with E-state index in [1.165, 1.54) is 23.2 Å². The molecule has 0 unspecified atom stereocenters. The first-order valence-electron chi connectivity index (χ1n) is 8.24. The molecule has 0 aliphatic heterocycles. The number of nitro benzene ring substituents is 1. The van der Waals surface area contributed by atoms with Crippen LogP contribution >= 0.6 is 12.2 Å². The van der Waals surface area contributed by atoms with Gasteiger partial charge in [0.1, 0.15) is 0 Å². The van der Waals surface area contributed by atoms with Gasteiger partial charge in [0.05, 0.1) is 11.5 Å². The summed E-state index contributed by atoms with van der Waals surface area (Å²) in [6.45, 7) is 0.191. The largest absolute Gasteiger partial charge is 0.357 e. The Kier molecular flexibility index (Phi) is 7.40. The summed E-state index contributed by atoms with van der Waals surface area (Å²) in [7, 11) is 1.57. The summed E-state index contributed by atoms with van der Waals surface area (Å²) in [5, 5.41) is 17.8. The van der Waals surface area contributed by atoms with Crippen LogP contribution in [0.1, 0.15) is 15.9 Å². The molecule has 10 heteroatoms. The summed E-state index contributed by atoms with van der Waals surface area (Å²) in [5.41, 5.74) is 3.45. The van der Waals surface area contributed by atoms with Crippen molar-refractivity contribution in [2.24, 2.45) is 0 Å².